The molecule has 1 amide bonds. The predicted octanol–water partition coefficient (Wildman–Crippen LogP) is 1.46. The highest BCUT2D eigenvalue weighted by Gasteiger charge is 2.27. The van der Waals surface area contributed by atoms with Crippen LogP contribution in [-0.2, 0) is 4.74 Å². The van der Waals surface area contributed by atoms with Crippen LogP contribution in [0.5, 0.6) is 5.75 Å². The summed E-state index contributed by atoms with van der Waals surface area (Å²) in [5, 5.41) is 2.13. The average molecular weight is 325 g/mol. The minimum absolute atomic E-state index is 0. The van der Waals surface area contributed by atoms with Crippen LogP contribution >= 0.6 is 12.4 Å². The summed E-state index contributed by atoms with van der Waals surface area (Å²) in [4.78, 5) is 11.6. The molecular weight excluding hydrogens is 306 g/mol. The number of carbonyl (C=O) groups excluding carboxylic acids is 1. The van der Waals surface area contributed by atoms with Crippen molar-refractivity contribution in [2.75, 3.05) is 33.4 Å². The van der Waals surface area contributed by atoms with Crippen molar-refractivity contribution in [3.63, 3.8) is 0 Å². The van der Waals surface area contributed by atoms with Crippen LogP contribution in [0.25, 0.3) is 0 Å². The van der Waals surface area contributed by atoms with Crippen LogP contribution in [0.4, 0.5) is 8.78 Å². The monoisotopic (exact) mass is 324 g/mol. The molecule has 0 bridgehead atoms. The van der Waals surface area contributed by atoms with Crippen LogP contribution in [0.15, 0.2) is 24.3 Å². The Morgan fingerprint density at radius 1 is 1.29 bits per heavy atom. The van der Waals surface area contributed by atoms with Crippen LogP contribution in [-0.4, -0.2) is 45.2 Å². The molecule has 1 aromatic carbocycles. The zero-order valence-corrected chi connectivity index (χ0v) is 12.4. The summed E-state index contributed by atoms with van der Waals surface area (Å²) in [6, 6.07) is 6.17. The molecule has 0 fully saturated rings. The third-order valence-corrected chi connectivity index (χ3v) is 2.48. The molecule has 120 valence electrons. The number of alkyl halides is 2. The number of nitrogens with one attached hydrogen (secondary N) is 1. The van der Waals surface area contributed by atoms with Gasteiger partial charge >= 0.3 is 0 Å². The quantitative estimate of drug-likeness (QED) is 0.710. The molecule has 0 unspecified atom stereocenters. The average Bonchev–Trinajstić information content (AvgIpc) is 2.46. The van der Waals surface area contributed by atoms with Crippen molar-refractivity contribution in [1.29, 1.82) is 0 Å². The van der Waals surface area contributed by atoms with E-state index in [0.29, 0.717) is 19.0 Å². The van der Waals surface area contributed by atoms with E-state index in [4.69, 9.17) is 15.2 Å². The van der Waals surface area contributed by atoms with E-state index in [1.54, 1.807) is 19.2 Å². The number of amides is 1. The lowest BCUT2D eigenvalue weighted by Gasteiger charge is -2.14. The Kier molecular flexibility index (Phi) is 8.84. The van der Waals surface area contributed by atoms with Crippen molar-refractivity contribution in [2.45, 2.75) is 5.92 Å². The van der Waals surface area contributed by atoms with E-state index < -0.39 is 24.9 Å². The highest BCUT2D eigenvalue weighted by atomic mass is 35.5. The first-order valence-corrected chi connectivity index (χ1v) is 6.06. The first-order valence-electron chi connectivity index (χ1n) is 6.06. The number of benzene rings is 1. The van der Waals surface area contributed by atoms with Crippen LogP contribution < -0.4 is 15.8 Å². The Morgan fingerprint density at radius 3 is 2.43 bits per heavy atom. The molecule has 5 nitrogen and oxygen atoms in total. The van der Waals surface area contributed by atoms with Crippen molar-refractivity contribution in [3.05, 3.63) is 29.8 Å². The summed E-state index contributed by atoms with van der Waals surface area (Å²) in [6.45, 7) is -0.741. The number of halogens is 3. The van der Waals surface area contributed by atoms with Gasteiger partial charge in [0.2, 0.25) is 0 Å². The van der Waals surface area contributed by atoms with Gasteiger partial charge in [0.25, 0.3) is 11.8 Å². The Hall–Kier alpha value is -1.44. The molecule has 3 N–H and O–H groups in total. The molecule has 0 spiro atoms. The number of rotatable bonds is 8. The molecule has 0 radical (unpaired) electrons. The lowest BCUT2D eigenvalue weighted by Crippen LogP contribution is -2.41. The normalized spacial score (nSPS) is 10.7. The summed E-state index contributed by atoms with van der Waals surface area (Å²) in [5.74, 6) is -3.11. The van der Waals surface area contributed by atoms with Crippen molar-refractivity contribution in [1.82, 2.24) is 5.32 Å². The van der Waals surface area contributed by atoms with E-state index in [-0.39, 0.29) is 18.0 Å². The molecule has 0 saturated carbocycles. The summed E-state index contributed by atoms with van der Waals surface area (Å²) in [5.41, 5.74) is 5.16. The van der Waals surface area contributed by atoms with Crippen LogP contribution in [0.2, 0.25) is 0 Å². The molecule has 8 heteroatoms. The maximum atomic E-state index is 12.9. The van der Waals surface area contributed by atoms with Crippen molar-refractivity contribution in [3.8, 4) is 5.75 Å². The third kappa shape index (κ3) is 7.22. The molecule has 0 heterocycles. The zero-order chi connectivity index (χ0) is 15.0. The standard InChI is InChI=1S/C13H18F2N2O3.ClH/c1-19-6-7-20-11-4-2-10(3-5-11)12(18)17-9-13(14,15)8-16;/h2-5H,6-9,16H2,1H3,(H,17,18);1H. The minimum Gasteiger partial charge on any atom is -0.491 e. The highest BCUT2D eigenvalue weighted by Crippen LogP contribution is 2.13. The molecule has 0 aromatic heterocycles. The van der Waals surface area contributed by atoms with Crippen molar-refractivity contribution < 1.29 is 23.0 Å². The lowest BCUT2D eigenvalue weighted by molar-refractivity contribution is 0.0118. The number of carbonyl (C=O) groups is 1. The molecule has 0 saturated heterocycles. The van der Waals surface area contributed by atoms with Gasteiger partial charge in [-0.2, -0.15) is 0 Å². The van der Waals surface area contributed by atoms with E-state index in [0.717, 1.165) is 0 Å². The number of nitrogens with two attached hydrogens (primary N) is 1. The molecule has 0 aliphatic carbocycles. The van der Waals surface area contributed by atoms with E-state index in [2.05, 4.69) is 5.32 Å². The number of methoxy groups -OCH3 is 1. The summed E-state index contributed by atoms with van der Waals surface area (Å²) in [6.07, 6.45) is 0. The third-order valence-electron chi connectivity index (χ3n) is 2.48. The number of ether oxygens (including phenoxy) is 2. The van der Waals surface area contributed by atoms with Gasteiger partial charge in [0.05, 0.1) is 19.7 Å². The minimum atomic E-state index is -3.10. The number of hydrogen-bond acceptors (Lipinski definition) is 4. The van der Waals surface area contributed by atoms with Gasteiger partial charge in [-0.1, -0.05) is 0 Å². The van der Waals surface area contributed by atoms with E-state index in [1.807, 2.05) is 0 Å². The van der Waals surface area contributed by atoms with Gasteiger partial charge < -0.3 is 20.5 Å². The maximum Gasteiger partial charge on any atom is 0.277 e. The molecule has 21 heavy (non-hydrogen) atoms. The Morgan fingerprint density at radius 2 is 1.90 bits per heavy atom. The molecule has 0 aliphatic rings. The first kappa shape index (κ1) is 19.6. The SMILES string of the molecule is COCCOc1ccc(C(=O)NCC(F)(F)CN)cc1.Cl. The van der Waals surface area contributed by atoms with Gasteiger partial charge in [-0.3, -0.25) is 4.79 Å². The summed E-state index contributed by atoms with van der Waals surface area (Å²) >= 11 is 0. The summed E-state index contributed by atoms with van der Waals surface area (Å²) < 4.78 is 35.9. The molecule has 0 aliphatic heterocycles. The Balaban J connectivity index is 0.00000400. The summed E-state index contributed by atoms with van der Waals surface area (Å²) in [7, 11) is 1.56. The topological polar surface area (TPSA) is 73.6 Å². The van der Waals surface area contributed by atoms with Gasteiger partial charge in [-0.05, 0) is 24.3 Å². The first-order chi connectivity index (χ1) is 9.48. The Bertz CT molecular complexity index is 430. The fraction of sp³-hybridized carbons (Fsp3) is 0.462. The van der Waals surface area contributed by atoms with Gasteiger partial charge in [-0.15, -0.1) is 12.4 Å². The maximum absolute atomic E-state index is 12.9. The molecule has 1 aromatic rings. The lowest BCUT2D eigenvalue weighted by atomic mass is 10.2. The molecule has 1 rings (SSSR count). The van der Waals surface area contributed by atoms with Crippen LogP contribution in [0.1, 0.15) is 10.4 Å². The van der Waals surface area contributed by atoms with Crippen LogP contribution in [0.3, 0.4) is 0 Å². The van der Waals surface area contributed by atoms with E-state index in [9.17, 15) is 13.6 Å². The zero-order valence-electron chi connectivity index (χ0n) is 11.6. The van der Waals surface area contributed by atoms with Crippen molar-refractivity contribution >= 4 is 18.3 Å². The van der Waals surface area contributed by atoms with Gasteiger partial charge in [-0.25, -0.2) is 8.78 Å². The fourth-order valence-corrected chi connectivity index (χ4v) is 1.33. The predicted molar refractivity (Wildman–Crippen MR) is 77.4 cm³/mol. The fourth-order valence-electron chi connectivity index (χ4n) is 1.33. The van der Waals surface area contributed by atoms with Gasteiger partial charge in [0, 0.05) is 12.7 Å². The Labute approximate surface area is 128 Å². The van der Waals surface area contributed by atoms with Gasteiger partial charge in [0.15, 0.2) is 0 Å². The van der Waals surface area contributed by atoms with Crippen LogP contribution in [0, 0.1) is 0 Å². The largest absolute Gasteiger partial charge is 0.491 e. The second-order valence-corrected chi connectivity index (χ2v) is 4.11. The highest BCUT2D eigenvalue weighted by molar-refractivity contribution is 5.94. The number of hydrogen-bond donors (Lipinski definition) is 2. The second-order valence-electron chi connectivity index (χ2n) is 4.11. The van der Waals surface area contributed by atoms with Gasteiger partial charge in [0.1, 0.15) is 12.4 Å². The second kappa shape index (κ2) is 9.49. The van der Waals surface area contributed by atoms with E-state index in [1.165, 1.54) is 12.1 Å². The smallest absolute Gasteiger partial charge is 0.277 e. The van der Waals surface area contributed by atoms with E-state index >= 15 is 0 Å². The molecule has 0 atom stereocenters. The molecular formula is C13H19ClF2N2O3. The van der Waals surface area contributed by atoms with Crippen molar-refractivity contribution in [2.24, 2.45) is 5.73 Å².